The molecule has 25 heavy (non-hydrogen) atoms. The first-order valence-electron chi connectivity index (χ1n) is 8.87. The number of hydrogen-bond donors (Lipinski definition) is 2. The first-order valence-corrected chi connectivity index (χ1v) is 8.87. The molecule has 3 N–H and O–H groups in total. The molecule has 2 bridgehead atoms. The Balaban J connectivity index is 0.00000225. The minimum atomic E-state index is 0. The predicted molar refractivity (Wildman–Crippen MR) is 100 cm³/mol. The molecule has 0 radical (unpaired) electrons. The van der Waals surface area contributed by atoms with Crippen LogP contribution in [-0.2, 0) is 11.2 Å². The van der Waals surface area contributed by atoms with Gasteiger partial charge in [0.25, 0.3) is 0 Å². The Hall–Kier alpha value is -1.46. The highest BCUT2D eigenvalue weighted by Crippen LogP contribution is 2.39. The Morgan fingerprint density at radius 3 is 2.24 bits per heavy atom. The smallest absolute Gasteiger partial charge is 0.224 e. The summed E-state index contributed by atoms with van der Waals surface area (Å²) < 4.78 is 10.8. The summed E-state index contributed by atoms with van der Waals surface area (Å²) in [6.07, 6.45) is 5.93. The van der Waals surface area contributed by atoms with Crippen LogP contribution in [0.2, 0.25) is 0 Å². The predicted octanol–water partition coefficient (Wildman–Crippen LogP) is 2.69. The Morgan fingerprint density at radius 2 is 1.72 bits per heavy atom. The van der Waals surface area contributed by atoms with Crippen LogP contribution in [0.25, 0.3) is 0 Å². The second-order valence-electron chi connectivity index (χ2n) is 7.09. The maximum Gasteiger partial charge on any atom is 0.224 e. The molecule has 2 fully saturated rings. The van der Waals surface area contributed by atoms with Gasteiger partial charge >= 0.3 is 0 Å². The third kappa shape index (κ3) is 4.39. The van der Waals surface area contributed by atoms with Crippen molar-refractivity contribution < 1.29 is 14.3 Å². The zero-order valence-electron chi connectivity index (χ0n) is 15.0. The van der Waals surface area contributed by atoms with Crippen LogP contribution in [-0.4, -0.2) is 32.2 Å². The Bertz CT molecular complexity index is 560. The van der Waals surface area contributed by atoms with Crippen LogP contribution < -0.4 is 20.5 Å². The average molecular weight is 369 g/mol. The third-order valence-electron chi connectivity index (χ3n) is 5.57. The summed E-state index contributed by atoms with van der Waals surface area (Å²) in [7, 11) is 3.23. The van der Waals surface area contributed by atoms with Crippen molar-refractivity contribution in [1.29, 1.82) is 0 Å². The van der Waals surface area contributed by atoms with Crippen LogP contribution in [0.4, 0.5) is 0 Å². The molecule has 2 saturated carbocycles. The molecular weight excluding hydrogens is 340 g/mol. The van der Waals surface area contributed by atoms with Gasteiger partial charge in [0, 0.05) is 17.6 Å². The lowest BCUT2D eigenvalue weighted by Crippen LogP contribution is -2.54. The first-order chi connectivity index (χ1) is 11.6. The zero-order chi connectivity index (χ0) is 17.1. The molecule has 1 amide bonds. The number of halogens is 1. The zero-order valence-corrected chi connectivity index (χ0v) is 15.8. The quantitative estimate of drug-likeness (QED) is 0.838. The third-order valence-corrected chi connectivity index (χ3v) is 5.57. The number of carbonyl (C=O) groups excluding carboxylic acids is 1. The number of fused-ring (bicyclic) bond motifs is 2. The van der Waals surface area contributed by atoms with Crippen molar-refractivity contribution in [3.8, 4) is 11.5 Å². The van der Waals surface area contributed by atoms with E-state index in [4.69, 9.17) is 15.2 Å². The molecule has 5 nitrogen and oxygen atoms in total. The van der Waals surface area contributed by atoms with Crippen LogP contribution in [0.5, 0.6) is 11.5 Å². The molecule has 2 atom stereocenters. The van der Waals surface area contributed by atoms with E-state index in [1.165, 1.54) is 19.3 Å². The molecule has 0 saturated heterocycles. The number of nitrogens with two attached hydrogens (primary N) is 1. The molecule has 0 aromatic heterocycles. The second-order valence-corrected chi connectivity index (χ2v) is 7.09. The Morgan fingerprint density at radius 1 is 1.16 bits per heavy atom. The summed E-state index contributed by atoms with van der Waals surface area (Å²) >= 11 is 0. The van der Waals surface area contributed by atoms with Crippen LogP contribution in [0.15, 0.2) is 18.2 Å². The summed E-state index contributed by atoms with van der Waals surface area (Å²) in [4.78, 5) is 12.7. The van der Waals surface area contributed by atoms with Gasteiger partial charge in [-0.15, -0.1) is 12.4 Å². The fourth-order valence-corrected chi connectivity index (χ4v) is 4.52. The normalized spacial score (nSPS) is 27.8. The Labute approximate surface area is 156 Å². The van der Waals surface area contributed by atoms with Crippen LogP contribution in [0.1, 0.15) is 37.7 Å². The number of methoxy groups -OCH3 is 2. The van der Waals surface area contributed by atoms with Gasteiger partial charge in [0.15, 0.2) is 0 Å². The number of amides is 1. The minimum Gasteiger partial charge on any atom is -0.496 e. The van der Waals surface area contributed by atoms with E-state index >= 15 is 0 Å². The molecule has 2 aliphatic rings. The van der Waals surface area contributed by atoms with E-state index in [1.54, 1.807) is 14.2 Å². The van der Waals surface area contributed by atoms with E-state index < -0.39 is 0 Å². The van der Waals surface area contributed by atoms with Gasteiger partial charge in [-0.05, 0) is 49.7 Å². The van der Waals surface area contributed by atoms with Crippen molar-refractivity contribution in [2.45, 2.75) is 50.6 Å². The van der Waals surface area contributed by atoms with E-state index in [-0.39, 0.29) is 30.8 Å². The SMILES string of the molecule is COc1cccc(OC)c1CC(=O)NC1C2CCCC1CC(N)C2.Cl. The van der Waals surface area contributed by atoms with Crippen molar-refractivity contribution in [2.24, 2.45) is 17.6 Å². The average Bonchev–Trinajstić information content (AvgIpc) is 2.56. The fraction of sp³-hybridized carbons (Fsp3) is 0.632. The molecule has 3 rings (SSSR count). The highest BCUT2D eigenvalue weighted by molar-refractivity contribution is 5.85. The van der Waals surface area contributed by atoms with E-state index in [1.807, 2.05) is 18.2 Å². The fourth-order valence-electron chi connectivity index (χ4n) is 4.52. The number of hydrogen-bond acceptors (Lipinski definition) is 4. The van der Waals surface area contributed by atoms with Gasteiger partial charge in [-0.1, -0.05) is 12.5 Å². The first kappa shape index (κ1) is 19.9. The van der Waals surface area contributed by atoms with Crippen molar-refractivity contribution in [1.82, 2.24) is 5.32 Å². The van der Waals surface area contributed by atoms with Gasteiger partial charge < -0.3 is 20.5 Å². The number of benzene rings is 1. The Kier molecular flexibility index (Phi) is 6.96. The van der Waals surface area contributed by atoms with E-state index in [9.17, 15) is 4.79 Å². The molecule has 6 heteroatoms. The van der Waals surface area contributed by atoms with Crippen LogP contribution in [0, 0.1) is 11.8 Å². The van der Waals surface area contributed by atoms with Gasteiger partial charge in [-0.2, -0.15) is 0 Å². The van der Waals surface area contributed by atoms with E-state index in [2.05, 4.69) is 5.32 Å². The summed E-state index contributed by atoms with van der Waals surface area (Å²) in [6, 6.07) is 6.15. The maximum atomic E-state index is 12.7. The van der Waals surface area contributed by atoms with Crippen LogP contribution >= 0.6 is 12.4 Å². The lowest BCUT2D eigenvalue weighted by molar-refractivity contribution is -0.122. The topological polar surface area (TPSA) is 73.6 Å². The summed E-state index contributed by atoms with van der Waals surface area (Å²) in [5.41, 5.74) is 6.98. The lowest BCUT2D eigenvalue weighted by Gasteiger charge is -2.45. The second kappa shape index (κ2) is 8.77. The largest absolute Gasteiger partial charge is 0.496 e. The van der Waals surface area contributed by atoms with Crippen LogP contribution in [0.3, 0.4) is 0 Å². The van der Waals surface area contributed by atoms with Gasteiger partial charge in [-0.3, -0.25) is 4.79 Å². The molecule has 2 aliphatic carbocycles. The molecule has 0 heterocycles. The maximum absolute atomic E-state index is 12.7. The number of rotatable bonds is 5. The van der Waals surface area contributed by atoms with E-state index in [0.717, 1.165) is 18.4 Å². The summed E-state index contributed by atoms with van der Waals surface area (Å²) in [6.45, 7) is 0. The molecule has 1 aromatic rings. The van der Waals surface area contributed by atoms with Gasteiger partial charge in [0.2, 0.25) is 5.91 Å². The number of ether oxygens (including phenoxy) is 2. The monoisotopic (exact) mass is 368 g/mol. The van der Waals surface area contributed by atoms with Gasteiger partial charge in [0.1, 0.15) is 11.5 Å². The van der Waals surface area contributed by atoms with Crippen molar-refractivity contribution in [2.75, 3.05) is 14.2 Å². The molecule has 2 unspecified atom stereocenters. The van der Waals surface area contributed by atoms with Gasteiger partial charge in [0.05, 0.1) is 20.6 Å². The summed E-state index contributed by atoms with van der Waals surface area (Å²) in [5.74, 6) is 2.47. The summed E-state index contributed by atoms with van der Waals surface area (Å²) in [5, 5.41) is 3.29. The highest BCUT2D eigenvalue weighted by Gasteiger charge is 2.39. The van der Waals surface area contributed by atoms with Crippen molar-refractivity contribution >= 4 is 18.3 Å². The van der Waals surface area contributed by atoms with Crippen molar-refractivity contribution in [3.05, 3.63) is 23.8 Å². The van der Waals surface area contributed by atoms with Gasteiger partial charge in [-0.25, -0.2) is 0 Å². The number of carbonyl (C=O) groups is 1. The molecule has 1 aromatic carbocycles. The minimum absolute atomic E-state index is 0. The lowest BCUT2D eigenvalue weighted by atomic mass is 9.67. The standard InChI is InChI=1S/C19H28N2O3.ClH/c1-23-16-7-4-8-17(24-2)15(16)11-18(22)21-19-12-5-3-6-13(19)10-14(20)9-12;/h4,7-8,12-14,19H,3,5-6,9-11,20H2,1-2H3,(H,21,22);1H. The molecule has 140 valence electrons. The molecule has 0 aliphatic heterocycles. The molecular formula is C19H29ClN2O3. The van der Waals surface area contributed by atoms with E-state index in [0.29, 0.717) is 29.4 Å². The highest BCUT2D eigenvalue weighted by atomic mass is 35.5. The van der Waals surface area contributed by atoms with Crippen molar-refractivity contribution in [3.63, 3.8) is 0 Å². The molecule has 0 spiro atoms. The number of nitrogens with one attached hydrogen (secondary N) is 1.